The van der Waals surface area contributed by atoms with Crippen LogP contribution in [0.2, 0.25) is 36.3 Å². The Labute approximate surface area is 192 Å². The minimum Gasteiger partial charge on any atom is -0.353 e. The molecule has 0 rings (SSSR count). The summed E-state index contributed by atoms with van der Waals surface area (Å²) in [4.78, 5) is 0. The lowest BCUT2D eigenvalue weighted by atomic mass is 10.2. The zero-order chi connectivity index (χ0) is 23.7. The lowest BCUT2D eigenvalue weighted by Crippen LogP contribution is -2.43. The normalized spacial score (nSPS) is 14.0. The average molecular weight is 479 g/mol. The fraction of sp³-hybridized carbons (Fsp3) is 1.00. The molecule has 0 saturated heterocycles. The fourth-order valence-electron chi connectivity index (χ4n) is 5.59. The molecule has 0 spiro atoms. The molecule has 0 N–H and O–H groups in total. The molecule has 0 aromatic carbocycles. The van der Waals surface area contributed by atoms with Crippen molar-refractivity contribution >= 4 is 24.9 Å². The van der Waals surface area contributed by atoms with Crippen LogP contribution in [0.3, 0.4) is 0 Å². The summed E-state index contributed by atoms with van der Waals surface area (Å²) in [5.41, 5.74) is 0. The van der Waals surface area contributed by atoms with Crippen molar-refractivity contribution in [2.75, 3.05) is 0 Å². The van der Waals surface area contributed by atoms with Gasteiger partial charge in [0.1, 0.15) is 0 Å². The highest BCUT2D eigenvalue weighted by atomic mass is 31.1. The molecule has 6 heteroatoms. The largest absolute Gasteiger partial charge is 0.353 e. The summed E-state index contributed by atoms with van der Waals surface area (Å²) in [6.07, 6.45) is 0. The van der Waals surface area contributed by atoms with Crippen LogP contribution in [-0.4, -0.2) is 16.6 Å². The molecule has 0 amide bonds. The molecule has 0 aromatic rings. The first-order valence-electron chi connectivity index (χ1n) is 12.5. The van der Waals surface area contributed by atoms with E-state index in [4.69, 9.17) is 8.43 Å². The van der Waals surface area contributed by atoms with Crippen LogP contribution in [0.1, 0.15) is 83.1 Å². The minimum absolute atomic E-state index is 0.563. The summed E-state index contributed by atoms with van der Waals surface area (Å²) in [7, 11) is -6.77. The molecular weight excluding hydrogens is 423 g/mol. The van der Waals surface area contributed by atoms with Crippen molar-refractivity contribution in [2.24, 2.45) is 35.5 Å². The summed E-state index contributed by atoms with van der Waals surface area (Å²) in [6.45, 7) is 27.3. The van der Waals surface area contributed by atoms with Gasteiger partial charge < -0.3 is 8.43 Å². The fourth-order valence-corrected chi connectivity index (χ4v) is 20.9. The predicted molar refractivity (Wildman–Crippen MR) is 141 cm³/mol. The van der Waals surface area contributed by atoms with Crippen molar-refractivity contribution in [3.63, 3.8) is 0 Å². The maximum atomic E-state index is 13.6. The van der Waals surface area contributed by atoms with Crippen LogP contribution in [0.25, 0.3) is 0 Å². The lowest BCUT2D eigenvalue weighted by Gasteiger charge is -2.39. The molecule has 0 heterocycles. The van der Waals surface area contributed by atoms with E-state index in [1.807, 2.05) is 0 Å². The number of rotatable bonds is 16. The molecule has 0 aliphatic rings. The van der Waals surface area contributed by atoms with E-state index in [0.29, 0.717) is 35.5 Å². The molecule has 0 bridgehead atoms. The molecule has 3 nitrogen and oxygen atoms in total. The number of hydrogen-bond donors (Lipinski definition) is 0. The van der Waals surface area contributed by atoms with Crippen molar-refractivity contribution in [1.82, 2.24) is 0 Å². The van der Waals surface area contributed by atoms with Crippen molar-refractivity contribution < 1.29 is 13.0 Å². The van der Waals surface area contributed by atoms with Gasteiger partial charge in [-0.25, -0.2) is 0 Å². The van der Waals surface area contributed by atoms with Gasteiger partial charge in [0.05, 0.1) is 0 Å². The summed E-state index contributed by atoms with van der Waals surface area (Å²) in [5, 5.41) is 0. The highest BCUT2D eigenvalue weighted by molar-refractivity contribution is 7.38. The van der Waals surface area contributed by atoms with Gasteiger partial charge in [-0.05, 0) is 71.8 Å². The molecule has 0 unspecified atom stereocenters. The van der Waals surface area contributed by atoms with Gasteiger partial charge in [0.25, 0.3) is 8.25 Å². The second kappa shape index (κ2) is 14.0. The molecule has 0 aliphatic carbocycles. The van der Waals surface area contributed by atoms with Crippen molar-refractivity contribution in [2.45, 2.75) is 119 Å². The van der Waals surface area contributed by atoms with Gasteiger partial charge in [0.15, 0.2) is 0 Å². The zero-order valence-electron chi connectivity index (χ0n) is 22.4. The highest BCUT2D eigenvalue weighted by Crippen LogP contribution is 2.46. The molecule has 182 valence electrons. The SMILES string of the molecule is CC(C)C[Si](CC(C)C)(CC(C)C)O[PH](=O)O[Si](CC(C)C)(CC(C)C)CC(C)C. The lowest BCUT2D eigenvalue weighted by molar-refractivity contribution is 0.378. The van der Waals surface area contributed by atoms with Crippen LogP contribution < -0.4 is 0 Å². The van der Waals surface area contributed by atoms with Gasteiger partial charge in [0, 0.05) is 0 Å². The van der Waals surface area contributed by atoms with Crippen molar-refractivity contribution in [1.29, 1.82) is 0 Å². The standard InChI is InChI=1S/C24H55O3PSi2/c1-19(2)13-29(14-20(3)4,15-21(5)6)26-28(25)27-30(16-22(7)8,17-23(9)10)18-24(11)12/h19-24,28H,13-18H2,1-12H3. The van der Waals surface area contributed by atoms with Crippen LogP contribution in [0.15, 0.2) is 0 Å². The topological polar surface area (TPSA) is 35.5 Å². The predicted octanol–water partition coefficient (Wildman–Crippen LogP) is 9.24. The van der Waals surface area contributed by atoms with E-state index >= 15 is 0 Å². The summed E-state index contributed by atoms with van der Waals surface area (Å²) >= 11 is 0. The first-order valence-corrected chi connectivity index (χ1v) is 18.8. The van der Waals surface area contributed by atoms with Gasteiger partial charge in [-0.2, -0.15) is 0 Å². The first kappa shape index (κ1) is 30.6. The molecule has 0 saturated carbocycles. The summed E-state index contributed by atoms with van der Waals surface area (Å²) in [5.74, 6) is 3.38. The summed E-state index contributed by atoms with van der Waals surface area (Å²) in [6, 6.07) is 6.48. The van der Waals surface area contributed by atoms with E-state index in [0.717, 1.165) is 36.3 Å². The van der Waals surface area contributed by atoms with Crippen LogP contribution in [0.4, 0.5) is 0 Å². The Morgan fingerprint density at radius 1 is 0.467 bits per heavy atom. The maximum Gasteiger partial charge on any atom is 0.299 e. The van der Waals surface area contributed by atoms with Crippen molar-refractivity contribution in [3.8, 4) is 0 Å². The Hall–Kier alpha value is 0.584. The Balaban J connectivity index is 5.86. The Morgan fingerprint density at radius 3 is 0.767 bits per heavy atom. The van der Waals surface area contributed by atoms with E-state index in [-0.39, 0.29) is 0 Å². The van der Waals surface area contributed by atoms with Crippen LogP contribution in [0.5, 0.6) is 0 Å². The van der Waals surface area contributed by atoms with Gasteiger partial charge in [0.2, 0.25) is 16.6 Å². The van der Waals surface area contributed by atoms with Gasteiger partial charge in [-0.3, -0.25) is 4.57 Å². The molecular formula is C24H55O3PSi2. The number of hydrogen-bond acceptors (Lipinski definition) is 3. The molecule has 0 aliphatic heterocycles. The third-order valence-corrected chi connectivity index (χ3v) is 19.4. The molecule has 0 aromatic heterocycles. The van der Waals surface area contributed by atoms with Crippen LogP contribution in [-0.2, 0) is 13.0 Å². The maximum absolute atomic E-state index is 13.6. The van der Waals surface area contributed by atoms with Gasteiger partial charge in [-0.15, -0.1) is 0 Å². The van der Waals surface area contributed by atoms with Gasteiger partial charge >= 0.3 is 0 Å². The van der Waals surface area contributed by atoms with E-state index in [2.05, 4.69) is 83.1 Å². The monoisotopic (exact) mass is 478 g/mol. The Bertz CT molecular complexity index is 396. The first-order chi connectivity index (χ1) is 13.6. The highest BCUT2D eigenvalue weighted by Gasteiger charge is 2.43. The minimum atomic E-state index is -2.50. The molecule has 0 radical (unpaired) electrons. The second-order valence-electron chi connectivity index (χ2n) is 12.4. The third-order valence-electron chi connectivity index (χ3n) is 5.28. The summed E-state index contributed by atoms with van der Waals surface area (Å²) < 4.78 is 26.9. The average Bonchev–Trinajstić information content (AvgIpc) is 2.40. The second-order valence-corrected chi connectivity index (χ2v) is 21.7. The van der Waals surface area contributed by atoms with Crippen LogP contribution in [0, 0.1) is 35.5 Å². The van der Waals surface area contributed by atoms with Crippen molar-refractivity contribution in [3.05, 3.63) is 0 Å². The molecule has 30 heavy (non-hydrogen) atoms. The van der Waals surface area contributed by atoms with E-state index in [1.165, 1.54) is 0 Å². The quantitative estimate of drug-likeness (QED) is 0.164. The third kappa shape index (κ3) is 13.2. The Morgan fingerprint density at radius 2 is 0.633 bits per heavy atom. The molecule has 0 atom stereocenters. The van der Waals surface area contributed by atoms with E-state index in [9.17, 15) is 4.57 Å². The molecule has 0 fully saturated rings. The van der Waals surface area contributed by atoms with Gasteiger partial charge in [-0.1, -0.05) is 83.1 Å². The van der Waals surface area contributed by atoms with E-state index in [1.54, 1.807) is 0 Å². The van der Waals surface area contributed by atoms with Crippen LogP contribution >= 0.6 is 8.25 Å². The Kier molecular flexibility index (Phi) is 14.2. The smallest absolute Gasteiger partial charge is 0.299 e. The zero-order valence-corrected chi connectivity index (χ0v) is 25.4. The van der Waals surface area contributed by atoms with E-state index < -0.39 is 24.9 Å².